The second kappa shape index (κ2) is 14.6. The molecule has 8 nitrogen and oxygen atoms in total. The lowest BCUT2D eigenvalue weighted by molar-refractivity contribution is -0.145. The van der Waals surface area contributed by atoms with Crippen molar-refractivity contribution < 1.29 is 18.3 Å². The molecule has 47 heavy (non-hydrogen) atoms. The van der Waals surface area contributed by atoms with Crippen molar-refractivity contribution in [3.63, 3.8) is 0 Å². The lowest BCUT2D eigenvalue weighted by atomic mass is 9.83. The lowest BCUT2D eigenvalue weighted by Gasteiger charge is -2.35. The lowest BCUT2D eigenvalue weighted by Crippen LogP contribution is -2.46. The first-order valence-electron chi connectivity index (χ1n) is 17.7. The summed E-state index contributed by atoms with van der Waals surface area (Å²) < 4.78 is 25.9. The Hall–Kier alpha value is -3.01. The number of carboxylic acids is 1. The van der Waals surface area contributed by atoms with Crippen LogP contribution in [0.25, 0.3) is 0 Å². The summed E-state index contributed by atoms with van der Waals surface area (Å²) in [5.41, 5.74) is 6.00. The number of likely N-dealkylation sites (tertiary alicyclic amines) is 2. The van der Waals surface area contributed by atoms with E-state index in [1.54, 1.807) is 12.1 Å². The molecule has 1 N–H and O–H groups in total. The minimum atomic E-state index is -3.21. The minimum Gasteiger partial charge on any atom is -0.480 e. The first-order chi connectivity index (χ1) is 22.6. The van der Waals surface area contributed by atoms with Gasteiger partial charge in [0.1, 0.15) is 6.04 Å². The molecule has 0 bridgehead atoms. The Bertz CT molecular complexity index is 1620. The van der Waals surface area contributed by atoms with Crippen molar-refractivity contribution in [1.82, 2.24) is 19.6 Å². The molecule has 3 aromatic rings. The van der Waals surface area contributed by atoms with Crippen LogP contribution in [0, 0.1) is 18.8 Å². The van der Waals surface area contributed by atoms with Crippen molar-refractivity contribution in [2.24, 2.45) is 11.8 Å². The van der Waals surface area contributed by atoms with E-state index in [1.165, 1.54) is 29.5 Å². The quantitative estimate of drug-likeness (QED) is 0.264. The number of nitrogens with zero attached hydrogens (tertiary/aromatic N) is 4. The molecule has 2 aromatic carbocycles. The molecule has 1 aliphatic carbocycles. The van der Waals surface area contributed by atoms with Crippen LogP contribution in [0.5, 0.6) is 0 Å². The van der Waals surface area contributed by atoms with Gasteiger partial charge in [-0.25, -0.2) is 8.42 Å². The van der Waals surface area contributed by atoms with Crippen LogP contribution in [0.2, 0.25) is 0 Å². The highest BCUT2D eigenvalue weighted by Crippen LogP contribution is 2.39. The number of carbonyl (C=O) groups is 1. The summed E-state index contributed by atoms with van der Waals surface area (Å²) >= 11 is 0. The SMILES string of the molecule is CCn1nc(Cc2ccc(S(C)(=O)=O)cc2)cc1C1CCN(C[C@H]2CN([C@@H](C(=O)O)C3CCCCC3)C[C@@H]2c2cccc(C)c2)CC1. The summed E-state index contributed by atoms with van der Waals surface area (Å²) in [6.45, 7) is 9.86. The standard InChI is InChI=1S/C38H52N4O4S/c1-4-42-36(23-33(39-42)22-28-13-15-34(16-14-28)47(3,45)46)29-17-19-40(20-18-29)24-32-25-41(26-35(32)31-12-8-9-27(2)21-31)37(38(43)44)30-10-6-5-7-11-30/h8-9,12-16,21,23,29-30,32,35,37H,4-7,10-11,17-20,22,24-26H2,1-3H3,(H,43,44)/t32-,35+,37+/m0/s1. The topological polar surface area (TPSA) is 95.7 Å². The van der Waals surface area contributed by atoms with Gasteiger partial charge in [0.15, 0.2) is 9.84 Å². The molecule has 9 heteroatoms. The van der Waals surface area contributed by atoms with Crippen molar-refractivity contribution in [2.75, 3.05) is 39.0 Å². The highest BCUT2D eigenvalue weighted by atomic mass is 32.2. The van der Waals surface area contributed by atoms with Crippen LogP contribution in [0.4, 0.5) is 0 Å². The number of aromatic nitrogens is 2. The summed E-state index contributed by atoms with van der Waals surface area (Å²) in [4.78, 5) is 18.0. The monoisotopic (exact) mass is 660 g/mol. The van der Waals surface area contributed by atoms with Gasteiger partial charge in [-0.05, 0) is 93.8 Å². The number of aryl methyl sites for hydroxylation is 2. The molecule has 0 unspecified atom stereocenters. The summed E-state index contributed by atoms with van der Waals surface area (Å²) in [6, 6.07) is 17.9. The van der Waals surface area contributed by atoms with Gasteiger partial charge >= 0.3 is 5.97 Å². The maximum absolute atomic E-state index is 12.7. The summed E-state index contributed by atoms with van der Waals surface area (Å²) in [7, 11) is -3.21. The third-order valence-electron chi connectivity index (χ3n) is 11.1. The largest absolute Gasteiger partial charge is 0.480 e. The molecule has 2 saturated heterocycles. The van der Waals surface area contributed by atoms with E-state index in [9.17, 15) is 18.3 Å². The average Bonchev–Trinajstić information content (AvgIpc) is 3.65. The Morgan fingerprint density at radius 3 is 2.34 bits per heavy atom. The number of aliphatic carboxylic acids is 1. The molecule has 0 amide bonds. The number of benzene rings is 2. The summed E-state index contributed by atoms with van der Waals surface area (Å²) in [5.74, 6) is 0.818. The Labute approximate surface area is 281 Å². The molecule has 3 fully saturated rings. The fourth-order valence-electron chi connectivity index (χ4n) is 8.66. The van der Waals surface area contributed by atoms with Crippen molar-refractivity contribution in [3.05, 3.63) is 82.7 Å². The number of sulfone groups is 1. The normalized spacial score (nSPS) is 22.9. The third kappa shape index (κ3) is 8.01. The molecule has 2 aliphatic heterocycles. The highest BCUT2D eigenvalue weighted by Gasteiger charge is 2.43. The molecule has 3 heterocycles. The molecule has 1 aromatic heterocycles. The van der Waals surface area contributed by atoms with E-state index in [0.717, 1.165) is 89.1 Å². The van der Waals surface area contributed by atoms with Gasteiger partial charge in [0.2, 0.25) is 0 Å². The average molecular weight is 661 g/mol. The van der Waals surface area contributed by atoms with Crippen LogP contribution in [-0.2, 0) is 27.6 Å². The summed E-state index contributed by atoms with van der Waals surface area (Å²) in [5, 5.41) is 15.3. The molecule has 1 saturated carbocycles. The van der Waals surface area contributed by atoms with Crippen LogP contribution in [0.3, 0.4) is 0 Å². The van der Waals surface area contributed by atoms with Gasteiger partial charge in [-0.2, -0.15) is 5.10 Å². The van der Waals surface area contributed by atoms with E-state index in [-0.39, 0.29) is 12.0 Å². The molecular weight excluding hydrogens is 609 g/mol. The van der Waals surface area contributed by atoms with Gasteiger partial charge in [-0.1, -0.05) is 61.2 Å². The predicted octanol–water partition coefficient (Wildman–Crippen LogP) is 6.13. The van der Waals surface area contributed by atoms with Crippen LogP contribution >= 0.6 is 0 Å². The number of carboxylic acid groups (broad SMARTS) is 1. The van der Waals surface area contributed by atoms with E-state index in [4.69, 9.17) is 5.10 Å². The zero-order valence-electron chi connectivity index (χ0n) is 28.4. The second-order valence-corrected chi connectivity index (χ2v) is 16.5. The highest BCUT2D eigenvalue weighted by molar-refractivity contribution is 7.90. The second-order valence-electron chi connectivity index (χ2n) is 14.5. The van der Waals surface area contributed by atoms with Gasteiger partial charge < -0.3 is 10.0 Å². The van der Waals surface area contributed by atoms with E-state index in [2.05, 4.69) is 58.7 Å². The molecule has 3 aliphatic rings. The predicted molar refractivity (Wildman–Crippen MR) is 186 cm³/mol. The van der Waals surface area contributed by atoms with Crippen LogP contribution in [0.1, 0.15) is 91.8 Å². The van der Waals surface area contributed by atoms with Crippen molar-refractivity contribution in [2.45, 2.75) is 94.5 Å². The van der Waals surface area contributed by atoms with Gasteiger partial charge in [-0.15, -0.1) is 0 Å². The van der Waals surface area contributed by atoms with Crippen LogP contribution in [0.15, 0.2) is 59.5 Å². The molecule has 0 radical (unpaired) electrons. The maximum atomic E-state index is 12.7. The fourth-order valence-corrected chi connectivity index (χ4v) is 9.29. The minimum absolute atomic E-state index is 0.258. The smallest absolute Gasteiger partial charge is 0.321 e. The van der Waals surface area contributed by atoms with Gasteiger partial charge in [0.05, 0.1) is 10.6 Å². The zero-order chi connectivity index (χ0) is 33.1. The molecule has 6 rings (SSSR count). The Morgan fingerprint density at radius 1 is 0.979 bits per heavy atom. The van der Waals surface area contributed by atoms with E-state index < -0.39 is 15.8 Å². The van der Waals surface area contributed by atoms with Gasteiger partial charge in [-0.3, -0.25) is 14.4 Å². The first-order valence-corrected chi connectivity index (χ1v) is 19.6. The van der Waals surface area contributed by atoms with E-state index in [0.29, 0.717) is 29.1 Å². The molecule has 0 spiro atoms. The Balaban J connectivity index is 1.12. The van der Waals surface area contributed by atoms with Crippen molar-refractivity contribution >= 4 is 15.8 Å². The molecule has 3 atom stereocenters. The maximum Gasteiger partial charge on any atom is 0.321 e. The molecular formula is C38H52N4O4S. The van der Waals surface area contributed by atoms with Crippen molar-refractivity contribution in [3.8, 4) is 0 Å². The molecule has 254 valence electrons. The fraction of sp³-hybridized carbons (Fsp3) is 0.579. The van der Waals surface area contributed by atoms with Crippen LogP contribution in [-0.4, -0.2) is 84.1 Å². The van der Waals surface area contributed by atoms with E-state index in [1.807, 2.05) is 12.1 Å². The number of rotatable bonds is 11. The summed E-state index contributed by atoms with van der Waals surface area (Å²) in [6.07, 6.45) is 9.68. The number of hydrogen-bond acceptors (Lipinski definition) is 6. The zero-order valence-corrected chi connectivity index (χ0v) is 29.2. The third-order valence-corrected chi connectivity index (χ3v) is 12.2. The number of hydrogen-bond donors (Lipinski definition) is 1. The van der Waals surface area contributed by atoms with Gasteiger partial charge in [0, 0.05) is 56.4 Å². The Kier molecular flexibility index (Phi) is 10.5. The van der Waals surface area contributed by atoms with Crippen molar-refractivity contribution in [1.29, 1.82) is 0 Å². The Morgan fingerprint density at radius 2 is 1.70 bits per heavy atom. The first kappa shape index (κ1) is 33.9. The number of piperidine rings is 1. The van der Waals surface area contributed by atoms with Gasteiger partial charge in [0.25, 0.3) is 0 Å². The van der Waals surface area contributed by atoms with Crippen LogP contribution < -0.4 is 0 Å². The van der Waals surface area contributed by atoms with E-state index >= 15 is 0 Å².